The average molecular weight is 903 g/mol. The number of hydrogen-bond acceptors (Lipinski definition) is 14. The van der Waals surface area contributed by atoms with Crippen molar-refractivity contribution in [2.75, 3.05) is 50.5 Å². The molecule has 0 radical (unpaired) electrons. The first-order valence-electron chi connectivity index (χ1n) is 19.8. The summed E-state index contributed by atoms with van der Waals surface area (Å²) < 4.78 is 115. The predicted molar refractivity (Wildman–Crippen MR) is 221 cm³/mol. The molecule has 0 aromatic heterocycles. The molecule has 2 atom stereocenters. The van der Waals surface area contributed by atoms with Gasteiger partial charge in [0, 0.05) is 98.6 Å². The number of anilines is 1. The Labute approximate surface area is 357 Å². The highest BCUT2D eigenvalue weighted by Gasteiger charge is 2.48. The highest BCUT2D eigenvalue weighted by molar-refractivity contribution is 7.86. The first-order chi connectivity index (χ1) is 28.5. The number of carbonyl (C=O) groups excluding carboxylic acids is 3. The van der Waals surface area contributed by atoms with E-state index in [0.29, 0.717) is 67.0 Å². The van der Waals surface area contributed by atoms with Crippen molar-refractivity contribution in [2.45, 2.75) is 86.3 Å². The van der Waals surface area contributed by atoms with Crippen LogP contribution in [0.5, 0.6) is 0 Å². The van der Waals surface area contributed by atoms with Crippen LogP contribution in [0.4, 0.5) is 11.4 Å². The number of imide groups is 1. The Morgan fingerprint density at radius 3 is 2.08 bits per heavy atom. The number of hydrogen-bond donors (Lipinski definition) is 1. The molecule has 3 aliphatic heterocycles. The summed E-state index contributed by atoms with van der Waals surface area (Å²) in [6.45, 7) is 6.89. The minimum Gasteiger partial charge on any atom is -0.748 e. The number of rotatable bonds is 21. The molecule has 332 valence electrons. The lowest BCUT2D eigenvalue weighted by Crippen LogP contribution is -2.38. The molecule has 17 nitrogen and oxygen atoms in total. The average Bonchev–Trinajstić information content (AvgIpc) is 3.71. The van der Waals surface area contributed by atoms with Crippen LogP contribution in [-0.2, 0) is 60.3 Å². The predicted octanol–water partition coefficient (Wildman–Crippen LogP) is 3.05. The number of nitrogens with zero attached hydrogens (tertiary/aromatic N) is 3. The van der Waals surface area contributed by atoms with Crippen molar-refractivity contribution in [2.24, 2.45) is 0 Å². The van der Waals surface area contributed by atoms with Gasteiger partial charge in [0.05, 0.1) is 25.3 Å². The Kier molecular flexibility index (Phi) is 14.6. The van der Waals surface area contributed by atoms with E-state index >= 15 is 0 Å². The van der Waals surface area contributed by atoms with Crippen LogP contribution in [0.25, 0.3) is 0 Å². The number of ether oxygens (including phenoxy) is 1. The molecule has 0 bridgehead atoms. The van der Waals surface area contributed by atoms with Gasteiger partial charge in [0.1, 0.15) is 26.8 Å². The molecule has 20 heteroatoms. The smallest absolute Gasteiger partial charge is 0.253 e. The molecule has 0 fully saturated rings. The van der Waals surface area contributed by atoms with E-state index in [1.165, 1.54) is 49.6 Å². The first-order valence-corrected chi connectivity index (χ1v) is 24.2. The molecule has 2 unspecified atom stereocenters. The molecule has 0 aliphatic carbocycles. The largest absolute Gasteiger partial charge is 0.748 e. The van der Waals surface area contributed by atoms with Gasteiger partial charge in [-0.25, -0.2) is 25.3 Å². The van der Waals surface area contributed by atoms with Crippen molar-refractivity contribution in [3.63, 3.8) is 0 Å². The maximum atomic E-state index is 12.6. The fourth-order valence-electron chi connectivity index (χ4n) is 8.40. The standard InChI is InChI=1S/C41H52N4O13S3/c1-5-43-33-16-14-29(60(52,53)54)27-31(33)40(2,20-10-26-59(49,50)51)35(43)11-9-12-36-41(3,21-25-58-4)32-28-30(61(55,56)57)15-17-34(32)44(36)23-8-6-7-13-37(46)42-22-24-45-38(47)18-19-39(45)48/h9,11-12,14-19,27-28H,5-8,10,13,20-26H2,1-4H3,(H3-,42,46,49,50,51,52,53,54,55,56,57)/p-2. The minimum absolute atomic E-state index is 0.0464. The number of unbranched alkanes of at least 4 members (excludes halogenated alkanes) is 2. The van der Waals surface area contributed by atoms with Crippen molar-refractivity contribution < 1.29 is 62.6 Å². The van der Waals surface area contributed by atoms with Crippen LogP contribution < -0.4 is 10.2 Å². The van der Waals surface area contributed by atoms with Crippen molar-refractivity contribution in [1.82, 2.24) is 10.2 Å². The van der Waals surface area contributed by atoms with Crippen molar-refractivity contribution in [3.8, 4) is 0 Å². The van der Waals surface area contributed by atoms with Crippen molar-refractivity contribution >= 4 is 65.2 Å². The molecule has 0 saturated carbocycles. The minimum atomic E-state index is -4.85. The molecule has 1 N–H and O–H groups in total. The third-order valence-electron chi connectivity index (χ3n) is 11.5. The second kappa shape index (κ2) is 18.8. The van der Waals surface area contributed by atoms with Gasteiger partial charge in [0.2, 0.25) is 11.6 Å². The highest BCUT2D eigenvalue weighted by Crippen LogP contribution is 2.51. The maximum absolute atomic E-state index is 12.6. The molecule has 3 amide bonds. The van der Waals surface area contributed by atoms with Gasteiger partial charge in [-0.2, -0.15) is 4.58 Å². The quantitative estimate of drug-likeness (QED) is 0.0818. The number of likely N-dealkylation sites (N-methyl/N-ethyl adjacent to an activating group) is 1. The van der Waals surface area contributed by atoms with Gasteiger partial charge < -0.3 is 28.6 Å². The zero-order valence-electron chi connectivity index (χ0n) is 34.4. The van der Waals surface area contributed by atoms with Gasteiger partial charge in [-0.3, -0.25) is 19.3 Å². The number of allylic oxidation sites excluding steroid dienone is 4. The number of fused-ring (bicyclic) bond motifs is 2. The Hall–Kier alpha value is -4.57. The lowest BCUT2D eigenvalue weighted by Gasteiger charge is -2.30. The molecule has 0 spiro atoms. The number of carbonyl (C=O) groups is 3. The van der Waals surface area contributed by atoms with Gasteiger partial charge in [0.25, 0.3) is 11.8 Å². The zero-order valence-corrected chi connectivity index (χ0v) is 36.9. The first kappa shape index (κ1) is 47.5. The van der Waals surface area contributed by atoms with Crippen molar-refractivity contribution in [3.05, 3.63) is 83.6 Å². The van der Waals surface area contributed by atoms with E-state index in [1.54, 1.807) is 19.1 Å². The van der Waals surface area contributed by atoms with Crippen LogP contribution in [-0.4, -0.2) is 117 Å². The summed E-state index contributed by atoms with van der Waals surface area (Å²) in [6, 6.07) is 8.30. The molecule has 3 heterocycles. The molecule has 61 heavy (non-hydrogen) atoms. The summed E-state index contributed by atoms with van der Waals surface area (Å²) >= 11 is 0. The second-order valence-corrected chi connectivity index (χ2v) is 19.8. The van der Waals surface area contributed by atoms with E-state index in [4.69, 9.17) is 4.74 Å². The fourth-order valence-corrected chi connectivity index (χ4v) is 9.89. The topological polar surface area (TPSA) is 254 Å². The van der Waals surface area contributed by atoms with Gasteiger partial charge in [-0.15, -0.1) is 0 Å². The normalized spacial score (nSPS) is 21.1. The Morgan fingerprint density at radius 1 is 0.836 bits per heavy atom. The lowest BCUT2D eigenvalue weighted by atomic mass is 9.76. The summed E-state index contributed by atoms with van der Waals surface area (Å²) in [5.74, 6) is -1.74. The summed E-state index contributed by atoms with van der Waals surface area (Å²) in [5, 5.41) is 2.73. The van der Waals surface area contributed by atoms with Crippen LogP contribution in [0.1, 0.15) is 76.8 Å². The van der Waals surface area contributed by atoms with E-state index in [9.17, 15) is 53.3 Å². The van der Waals surface area contributed by atoms with E-state index in [1.807, 2.05) is 35.5 Å². The number of amides is 3. The molecular weight excluding hydrogens is 853 g/mol. The van der Waals surface area contributed by atoms with Crippen molar-refractivity contribution in [1.29, 1.82) is 0 Å². The van der Waals surface area contributed by atoms with E-state index < -0.39 is 63.6 Å². The van der Waals surface area contributed by atoms with Gasteiger partial charge in [-0.1, -0.05) is 6.08 Å². The second-order valence-electron chi connectivity index (χ2n) is 15.6. The van der Waals surface area contributed by atoms with Crippen LogP contribution in [0, 0.1) is 0 Å². The summed E-state index contributed by atoms with van der Waals surface area (Å²) in [4.78, 5) is 38.2. The fraction of sp³-hybridized carbons (Fsp3) is 0.463. The molecule has 3 aliphatic rings. The summed E-state index contributed by atoms with van der Waals surface area (Å²) in [7, 11) is -12.7. The van der Waals surface area contributed by atoms with Gasteiger partial charge >= 0.3 is 0 Å². The molecular formula is C41H50N4O13S3-2. The Bertz CT molecular complexity index is 2510. The van der Waals surface area contributed by atoms with E-state index in [-0.39, 0.29) is 49.8 Å². The molecule has 2 aromatic rings. The van der Waals surface area contributed by atoms with Crippen LogP contribution in [0.15, 0.2) is 82.3 Å². The highest BCUT2D eigenvalue weighted by atomic mass is 32.2. The Morgan fingerprint density at radius 2 is 1.48 bits per heavy atom. The van der Waals surface area contributed by atoms with Crippen LogP contribution in [0.3, 0.4) is 0 Å². The summed E-state index contributed by atoms with van der Waals surface area (Å²) in [6.07, 6.45) is 10.2. The van der Waals surface area contributed by atoms with Gasteiger partial charge in [-0.05, 0) is 94.8 Å². The number of nitrogens with one attached hydrogen (secondary N) is 1. The third-order valence-corrected chi connectivity index (χ3v) is 14.0. The third kappa shape index (κ3) is 10.7. The monoisotopic (exact) mass is 902 g/mol. The SMILES string of the molecule is CCN1/C(=C/C=C/C2=[N+](CCCCCC(=O)NCCN3C(=O)C=CC3=O)c3ccc(S(=O)(=O)[O-])cc3C2(C)CCOC)C(C)(CCCS(=O)(=O)[O-])c2cc(S(=O)(=O)[O-])ccc21. The number of methoxy groups -OCH3 is 1. The van der Waals surface area contributed by atoms with E-state index in [0.717, 1.165) is 10.6 Å². The summed E-state index contributed by atoms with van der Waals surface area (Å²) in [5.41, 5.74) is 1.85. The molecule has 5 rings (SSSR count). The number of benzene rings is 2. The lowest BCUT2D eigenvalue weighted by molar-refractivity contribution is -0.438. The zero-order chi connectivity index (χ0) is 45.0. The maximum Gasteiger partial charge on any atom is 0.253 e. The Balaban J connectivity index is 1.47. The van der Waals surface area contributed by atoms with Crippen LogP contribution >= 0.6 is 0 Å². The van der Waals surface area contributed by atoms with E-state index in [2.05, 4.69) is 5.32 Å². The molecule has 0 saturated heterocycles. The van der Waals surface area contributed by atoms with Gasteiger partial charge in [0.15, 0.2) is 5.71 Å². The van der Waals surface area contributed by atoms with Crippen LogP contribution in [0.2, 0.25) is 0 Å². The molecule has 2 aromatic carbocycles.